The Labute approximate surface area is 162 Å². The zero-order valence-electron chi connectivity index (χ0n) is 15.3. The van der Waals surface area contributed by atoms with Crippen molar-refractivity contribution in [2.24, 2.45) is 0 Å². The standard InChI is InChI=1S/C21H21FN4O2/c22-17-10-6-7-15(13-17)14-18(27)23-19(16-8-2-1-3-9-16)20-24-25-21(28-20)26-11-4-5-12-26/h1-3,6-10,13,19H,4-5,11-12,14H2,(H,23,27). The third-order valence-corrected chi connectivity index (χ3v) is 4.75. The predicted octanol–water partition coefficient (Wildman–Crippen LogP) is 3.26. The van der Waals surface area contributed by atoms with Crippen LogP contribution in [0.3, 0.4) is 0 Å². The molecule has 2 aromatic carbocycles. The first kappa shape index (κ1) is 18.2. The van der Waals surface area contributed by atoms with Crippen LogP contribution in [-0.2, 0) is 11.2 Å². The van der Waals surface area contributed by atoms with E-state index in [1.54, 1.807) is 12.1 Å². The minimum atomic E-state index is -0.564. The molecule has 0 spiro atoms. The number of halogens is 1. The van der Waals surface area contributed by atoms with Crippen LogP contribution in [0.25, 0.3) is 0 Å². The molecule has 1 aliphatic heterocycles. The molecule has 0 aliphatic carbocycles. The Bertz CT molecular complexity index is 938. The van der Waals surface area contributed by atoms with Gasteiger partial charge in [-0.3, -0.25) is 4.79 Å². The van der Waals surface area contributed by atoms with Crippen molar-refractivity contribution in [2.45, 2.75) is 25.3 Å². The van der Waals surface area contributed by atoms with Crippen molar-refractivity contribution in [1.29, 1.82) is 0 Å². The quantitative estimate of drug-likeness (QED) is 0.711. The molecule has 3 aromatic rings. The lowest BCUT2D eigenvalue weighted by Gasteiger charge is -2.16. The molecule has 2 heterocycles. The smallest absolute Gasteiger partial charge is 0.318 e. The number of anilines is 1. The number of nitrogens with zero attached hydrogens (tertiary/aromatic N) is 3. The van der Waals surface area contributed by atoms with E-state index < -0.39 is 6.04 Å². The summed E-state index contributed by atoms with van der Waals surface area (Å²) < 4.78 is 19.3. The van der Waals surface area contributed by atoms with Crippen LogP contribution in [0, 0.1) is 5.82 Å². The van der Waals surface area contributed by atoms with Gasteiger partial charge in [0.2, 0.25) is 11.8 Å². The van der Waals surface area contributed by atoms with E-state index >= 15 is 0 Å². The zero-order valence-corrected chi connectivity index (χ0v) is 15.3. The molecule has 1 amide bonds. The molecule has 28 heavy (non-hydrogen) atoms. The fourth-order valence-corrected chi connectivity index (χ4v) is 3.36. The van der Waals surface area contributed by atoms with Gasteiger partial charge in [0.15, 0.2) is 0 Å². The highest BCUT2D eigenvalue weighted by Crippen LogP contribution is 2.25. The van der Waals surface area contributed by atoms with Crippen LogP contribution in [0.2, 0.25) is 0 Å². The van der Waals surface area contributed by atoms with Gasteiger partial charge in [0.1, 0.15) is 11.9 Å². The normalized spacial score (nSPS) is 14.8. The first-order valence-corrected chi connectivity index (χ1v) is 9.36. The van der Waals surface area contributed by atoms with Crippen LogP contribution in [0.5, 0.6) is 0 Å². The summed E-state index contributed by atoms with van der Waals surface area (Å²) in [6.07, 6.45) is 2.27. The van der Waals surface area contributed by atoms with Gasteiger partial charge in [0.25, 0.3) is 0 Å². The molecule has 0 bridgehead atoms. The molecule has 1 fully saturated rings. The molecule has 7 heteroatoms. The molecule has 1 atom stereocenters. The summed E-state index contributed by atoms with van der Waals surface area (Å²) in [5, 5.41) is 11.3. The number of amides is 1. The molecule has 1 saturated heterocycles. The van der Waals surface area contributed by atoms with Crippen LogP contribution in [0.1, 0.15) is 35.9 Å². The van der Waals surface area contributed by atoms with E-state index in [0.717, 1.165) is 31.5 Å². The number of rotatable bonds is 6. The second-order valence-corrected chi connectivity index (χ2v) is 6.83. The average Bonchev–Trinajstić information content (AvgIpc) is 3.38. The molecule has 144 valence electrons. The van der Waals surface area contributed by atoms with Crippen molar-refractivity contribution in [1.82, 2.24) is 15.5 Å². The van der Waals surface area contributed by atoms with Gasteiger partial charge in [-0.1, -0.05) is 47.6 Å². The minimum absolute atomic E-state index is 0.0637. The topological polar surface area (TPSA) is 71.3 Å². The summed E-state index contributed by atoms with van der Waals surface area (Å²) >= 11 is 0. The lowest BCUT2D eigenvalue weighted by Crippen LogP contribution is -2.30. The summed E-state index contributed by atoms with van der Waals surface area (Å²) in [5.41, 5.74) is 1.44. The molecule has 1 aliphatic rings. The largest absolute Gasteiger partial charge is 0.405 e. The summed E-state index contributed by atoms with van der Waals surface area (Å²) in [4.78, 5) is 14.7. The van der Waals surface area contributed by atoms with Crippen molar-refractivity contribution in [3.05, 3.63) is 77.4 Å². The summed E-state index contributed by atoms with van der Waals surface area (Å²) in [7, 11) is 0. The molecule has 4 rings (SSSR count). The number of carbonyl (C=O) groups is 1. The Morgan fingerprint density at radius 3 is 2.64 bits per heavy atom. The molecular weight excluding hydrogens is 359 g/mol. The maximum Gasteiger partial charge on any atom is 0.318 e. The molecule has 1 N–H and O–H groups in total. The number of benzene rings is 2. The Hall–Kier alpha value is -3.22. The fourth-order valence-electron chi connectivity index (χ4n) is 3.36. The second kappa shape index (κ2) is 8.21. The first-order chi connectivity index (χ1) is 13.7. The van der Waals surface area contributed by atoms with Gasteiger partial charge in [0.05, 0.1) is 6.42 Å². The monoisotopic (exact) mass is 380 g/mol. The van der Waals surface area contributed by atoms with Crippen molar-refractivity contribution in [3.8, 4) is 0 Å². The highest BCUT2D eigenvalue weighted by Gasteiger charge is 2.25. The predicted molar refractivity (Wildman–Crippen MR) is 102 cm³/mol. The van der Waals surface area contributed by atoms with Crippen molar-refractivity contribution < 1.29 is 13.6 Å². The Kier molecular flexibility index (Phi) is 5.32. The van der Waals surface area contributed by atoms with Gasteiger partial charge in [-0.15, -0.1) is 5.10 Å². The molecule has 0 radical (unpaired) electrons. The minimum Gasteiger partial charge on any atom is -0.405 e. The molecule has 6 nitrogen and oxygen atoms in total. The number of aromatic nitrogens is 2. The van der Waals surface area contributed by atoms with Gasteiger partial charge in [-0.25, -0.2) is 4.39 Å². The maximum absolute atomic E-state index is 13.4. The van der Waals surface area contributed by atoms with E-state index in [1.165, 1.54) is 12.1 Å². The number of hydrogen-bond acceptors (Lipinski definition) is 5. The third-order valence-electron chi connectivity index (χ3n) is 4.75. The highest BCUT2D eigenvalue weighted by molar-refractivity contribution is 5.79. The average molecular weight is 380 g/mol. The lowest BCUT2D eigenvalue weighted by molar-refractivity contribution is -0.121. The van der Waals surface area contributed by atoms with E-state index in [0.29, 0.717) is 17.5 Å². The van der Waals surface area contributed by atoms with Crippen LogP contribution < -0.4 is 10.2 Å². The van der Waals surface area contributed by atoms with Crippen LogP contribution in [-0.4, -0.2) is 29.2 Å². The SMILES string of the molecule is O=C(Cc1cccc(F)c1)NC(c1ccccc1)c1nnc(N2CCCC2)o1. The van der Waals surface area contributed by atoms with Crippen molar-refractivity contribution >= 4 is 11.9 Å². The lowest BCUT2D eigenvalue weighted by atomic mass is 10.1. The summed E-state index contributed by atoms with van der Waals surface area (Å²) in [6, 6.07) is 15.4. The summed E-state index contributed by atoms with van der Waals surface area (Å²) in [6.45, 7) is 1.78. The van der Waals surface area contributed by atoms with Crippen molar-refractivity contribution in [2.75, 3.05) is 18.0 Å². The van der Waals surface area contributed by atoms with E-state index in [1.807, 2.05) is 35.2 Å². The van der Waals surface area contributed by atoms with Gasteiger partial charge >= 0.3 is 6.01 Å². The maximum atomic E-state index is 13.4. The van der Waals surface area contributed by atoms with Crippen molar-refractivity contribution in [3.63, 3.8) is 0 Å². The van der Waals surface area contributed by atoms with Gasteiger partial charge in [-0.05, 0) is 36.1 Å². The van der Waals surface area contributed by atoms with Gasteiger partial charge < -0.3 is 14.6 Å². The summed E-state index contributed by atoms with van der Waals surface area (Å²) in [5.74, 6) is -0.280. The fraction of sp³-hybridized carbons (Fsp3) is 0.286. The Morgan fingerprint density at radius 2 is 1.89 bits per heavy atom. The van der Waals surface area contributed by atoms with E-state index in [-0.39, 0.29) is 18.1 Å². The zero-order chi connectivity index (χ0) is 19.3. The van der Waals surface area contributed by atoms with Gasteiger partial charge in [-0.2, -0.15) is 0 Å². The molecule has 0 saturated carbocycles. The van der Waals surface area contributed by atoms with E-state index in [2.05, 4.69) is 15.5 Å². The first-order valence-electron chi connectivity index (χ1n) is 9.36. The number of nitrogens with one attached hydrogen (secondary N) is 1. The van der Waals surface area contributed by atoms with E-state index in [4.69, 9.17) is 4.42 Å². The molecule has 1 aromatic heterocycles. The third kappa shape index (κ3) is 4.19. The van der Waals surface area contributed by atoms with Crippen LogP contribution in [0.15, 0.2) is 59.0 Å². The highest BCUT2D eigenvalue weighted by atomic mass is 19.1. The van der Waals surface area contributed by atoms with Gasteiger partial charge in [0, 0.05) is 13.1 Å². The molecule has 1 unspecified atom stereocenters. The number of carbonyl (C=O) groups excluding carboxylic acids is 1. The van der Waals surface area contributed by atoms with Crippen LogP contribution >= 0.6 is 0 Å². The molecular formula is C21H21FN4O2. The Balaban J connectivity index is 1.55. The van der Waals surface area contributed by atoms with E-state index in [9.17, 15) is 9.18 Å². The second-order valence-electron chi connectivity index (χ2n) is 6.83. The number of hydrogen-bond donors (Lipinski definition) is 1. The van der Waals surface area contributed by atoms with Crippen LogP contribution in [0.4, 0.5) is 10.4 Å². The Morgan fingerprint density at radius 1 is 1.11 bits per heavy atom.